The van der Waals surface area contributed by atoms with Gasteiger partial charge in [0.2, 0.25) is 0 Å². The normalized spacial score (nSPS) is 12.1. The lowest BCUT2D eigenvalue weighted by atomic mass is 10.3. The standard InChI is InChI=1S/C7H9N3O4S/c8-4(6(11)12)1-10(7(13)14)5-2-15-3-9-5/h2-4H,1,8H2,(H,11,12)(H,13,14)/t4-/m0/s1. The van der Waals surface area contributed by atoms with Gasteiger partial charge >= 0.3 is 12.1 Å². The fourth-order valence-electron chi connectivity index (χ4n) is 0.884. The summed E-state index contributed by atoms with van der Waals surface area (Å²) in [4.78, 5) is 25.8. The van der Waals surface area contributed by atoms with Crippen LogP contribution in [0, 0.1) is 0 Å². The lowest BCUT2D eigenvalue weighted by Gasteiger charge is -2.18. The van der Waals surface area contributed by atoms with Gasteiger partial charge in [-0.1, -0.05) is 0 Å². The van der Waals surface area contributed by atoms with Crippen LogP contribution in [0.5, 0.6) is 0 Å². The first kappa shape index (κ1) is 11.4. The molecule has 8 heteroatoms. The molecule has 0 unspecified atom stereocenters. The number of carbonyl (C=O) groups is 2. The second-order valence-electron chi connectivity index (χ2n) is 2.68. The van der Waals surface area contributed by atoms with Crippen molar-refractivity contribution in [1.29, 1.82) is 0 Å². The van der Waals surface area contributed by atoms with E-state index in [-0.39, 0.29) is 12.4 Å². The predicted octanol–water partition coefficient (Wildman–Crippen LogP) is 0.0394. The third-order valence-electron chi connectivity index (χ3n) is 1.62. The summed E-state index contributed by atoms with van der Waals surface area (Å²) in [6.07, 6.45) is -1.28. The number of thiazole rings is 1. The molecule has 1 aromatic heterocycles. The molecule has 0 radical (unpaired) electrons. The van der Waals surface area contributed by atoms with E-state index in [0.717, 1.165) is 4.90 Å². The number of carboxylic acid groups (broad SMARTS) is 2. The molecule has 0 aliphatic rings. The van der Waals surface area contributed by atoms with Crippen LogP contribution in [-0.4, -0.2) is 39.8 Å². The zero-order valence-electron chi connectivity index (χ0n) is 7.53. The molecule has 0 bridgehead atoms. The number of hydrogen-bond donors (Lipinski definition) is 3. The largest absolute Gasteiger partial charge is 0.480 e. The zero-order valence-corrected chi connectivity index (χ0v) is 8.35. The number of carboxylic acids is 1. The number of anilines is 1. The van der Waals surface area contributed by atoms with Crippen molar-refractivity contribution in [2.24, 2.45) is 5.73 Å². The highest BCUT2D eigenvalue weighted by Gasteiger charge is 2.22. The van der Waals surface area contributed by atoms with E-state index >= 15 is 0 Å². The van der Waals surface area contributed by atoms with Crippen LogP contribution in [-0.2, 0) is 4.79 Å². The molecule has 0 aliphatic heterocycles. The molecule has 1 rings (SSSR count). The highest BCUT2D eigenvalue weighted by atomic mass is 32.1. The van der Waals surface area contributed by atoms with Crippen LogP contribution >= 0.6 is 11.3 Å². The first-order valence-corrected chi connectivity index (χ1v) is 4.83. The monoisotopic (exact) mass is 231 g/mol. The van der Waals surface area contributed by atoms with Crippen molar-refractivity contribution >= 4 is 29.2 Å². The van der Waals surface area contributed by atoms with Gasteiger partial charge in [0.05, 0.1) is 12.1 Å². The summed E-state index contributed by atoms with van der Waals surface area (Å²) < 4.78 is 0. The quantitative estimate of drug-likeness (QED) is 0.673. The molecule has 1 atom stereocenters. The number of nitrogens with zero attached hydrogens (tertiary/aromatic N) is 2. The van der Waals surface area contributed by atoms with Gasteiger partial charge in [0.15, 0.2) is 0 Å². The van der Waals surface area contributed by atoms with E-state index in [0.29, 0.717) is 0 Å². The molecule has 1 aromatic rings. The summed E-state index contributed by atoms with van der Waals surface area (Å²) in [5.74, 6) is -1.07. The van der Waals surface area contributed by atoms with Gasteiger partial charge in [0.25, 0.3) is 0 Å². The van der Waals surface area contributed by atoms with E-state index in [1.54, 1.807) is 0 Å². The number of hydrogen-bond acceptors (Lipinski definition) is 5. The first-order valence-electron chi connectivity index (χ1n) is 3.89. The highest BCUT2D eigenvalue weighted by Crippen LogP contribution is 2.14. The van der Waals surface area contributed by atoms with Crippen molar-refractivity contribution in [2.75, 3.05) is 11.4 Å². The Morgan fingerprint density at radius 3 is 2.67 bits per heavy atom. The van der Waals surface area contributed by atoms with Crippen LogP contribution in [0.2, 0.25) is 0 Å². The molecule has 82 valence electrons. The lowest BCUT2D eigenvalue weighted by molar-refractivity contribution is -0.138. The van der Waals surface area contributed by atoms with E-state index in [4.69, 9.17) is 15.9 Å². The predicted molar refractivity (Wildman–Crippen MR) is 53.1 cm³/mol. The van der Waals surface area contributed by atoms with Crippen molar-refractivity contribution in [3.63, 3.8) is 0 Å². The van der Waals surface area contributed by atoms with Gasteiger partial charge in [-0.25, -0.2) is 9.78 Å². The summed E-state index contributed by atoms with van der Waals surface area (Å²) in [5.41, 5.74) is 6.69. The molecular formula is C7H9N3O4S. The number of amides is 1. The zero-order chi connectivity index (χ0) is 11.4. The Hall–Kier alpha value is -1.67. The van der Waals surface area contributed by atoms with Crippen molar-refractivity contribution in [3.8, 4) is 0 Å². The van der Waals surface area contributed by atoms with Crippen LogP contribution in [0.25, 0.3) is 0 Å². The lowest BCUT2D eigenvalue weighted by Crippen LogP contribution is -2.45. The maximum atomic E-state index is 10.8. The summed E-state index contributed by atoms with van der Waals surface area (Å²) in [5, 5.41) is 18.9. The van der Waals surface area contributed by atoms with Crippen molar-refractivity contribution in [1.82, 2.24) is 4.98 Å². The number of rotatable bonds is 4. The molecular weight excluding hydrogens is 222 g/mol. The summed E-state index contributed by atoms with van der Waals surface area (Å²) in [6, 6.07) is -1.26. The van der Waals surface area contributed by atoms with Gasteiger partial charge in [0.1, 0.15) is 11.9 Å². The van der Waals surface area contributed by atoms with E-state index < -0.39 is 18.1 Å². The minimum atomic E-state index is -1.28. The van der Waals surface area contributed by atoms with E-state index in [2.05, 4.69) is 4.98 Å². The minimum Gasteiger partial charge on any atom is -0.480 e. The van der Waals surface area contributed by atoms with Crippen LogP contribution in [0.4, 0.5) is 10.6 Å². The maximum Gasteiger partial charge on any atom is 0.413 e. The fraction of sp³-hybridized carbons (Fsp3) is 0.286. The topological polar surface area (TPSA) is 117 Å². The molecule has 0 spiro atoms. The summed E-state index contributed by atoms with van der Waals surface area (Å²) >= 11 is 1.22. The molecule has 4 N–H and O–H groups in total. The molecule has 7 nitrogen and oxygen atoms in total. The van der Waals surface area contributed by atoms with E-state index in [1.807, 2.05) is 0 Å². The average molecular weight is 231 g/mol. The van der Waals surface area contributed by atoms with Crippen LogP contribution < -0.4 is 10.6 Å². The van der Waals surface area contributed by atoms with Crippen molar-refractivity contribution in [2.45, 2.75) is 6.04 Å². The van der Waals surface area contributed by atoms with Crippen LogP contribution in [0.1, 0.15) is 0 Å². The number of nitrogens with two attached hydrogens (primary N) is 1. The summed E-state index contributed by atoms with van der Waals surface area (Å²) in [6.45, 7) is -0.325. The SMILES string of the molecule is N[C@@H](CN(C(=O)O)c1cscn1)C(=O)O. The number of aromatic nitrogens is 1. The Morgan fingerprint density at radius 1 is 1.60 bits per heavy atom. The van der Waals surface area contributed by atoms with E-state index in [1.165, 1.54) is 22.2 Å². The smallest absolute Gasteiger partial charge is 0.413 e. The molecule has 0 saturated carbocycles. The third kappa shape index (κ3) is 2.89. The van der Waals surface area contributed by atoms with Crippen LogP contribution in [0.15, 0.2) is 10.9 Å². The Kier molecular flexibility index (Phi) is 3.58. The Labute approximate surface area is 88.8 Å². The van der Waals surface area contributed by atoms with Crippen molar-refractivity contribution < 1.29 is 19.8 Å². The highest BCUT2D eigenvalue weighted by molar-refractivity contribution is 7.07. The molecule has 0 saturated heterocycles. The Morgan fingerprint density at radius 2 is 2.27 bits per heavy atom. The van der Waals surface area contributed by atoms with Gasteiger partial charge in [-0.2, -0.15) is 0 Å². The van der Waals surface area contributed by atoms with Gasteiger partial charge in [-0.15, -0.1) is 11.3 Å². The minimum absolute atomic E-state index is 0.184. The second-order valence-corrected chi connectivity index (χ2v) is 3.40. The van der Waals surface area contributed by atoms with Gasteiger partial charge < -0.3 is 15.9 Å². The second kappa shape index (κ2) is 4.71. The van der Waals surface area contributed by atoms with Crippen LogP contribution in [0.3, 0.4) is 0 Å². The molecule has 15 heavy (non-hydrogen) atoms. The third-order valence-corrected chi connectivity index (χ3v) is 2.20. The van der Waals surface area contributed by atoms with Gasteiger partial charge in [0, 0.05) is 5.38 Å². The Balaban J connectivity index is 2.77. The molecule has 1 amide bonds. The molecule has 1 heterocycles. The average Bonchev–Trinajstić information content (AvgIpc) is 2.65. The molecule has 0 aromatic carbocycles. The van der Waals surface area contributed by atoms with Crippen molar-refractivity contribution in [3.05, 3.63) is 10.9 Å². The molecule has 0 aliphatic carbocycles. The van der Waals surface area contributed by atoms with Gasteiger partial charge in [-0.05, 0) is 0 Å². The fourth-order valence-corrected chi connectivity index (χ4v) is 1.42. The summed E-state index contributed by atoms with van der Waals surface area (Å²) in [7, 11) is 0. The first-order chi connectivity index (χ1) is 7.02. The maximum absolute atomic E-state index is 10.8. The van der Waals surface area contributed by atoms with Gasteiger partial charge in [-0.3, -0.25) is 9.69 Å². The molecule has 0 fully saturated rings. The number of aliphatic carboxylic acids is 1. The van der Waals surface area contributed by atoms with E-state index in [9.17, 15) is 9.59 Å². The Bertz CT molecular complexity index is 353.